The summed E-state index contributed by atoms with van der Waals surface area (Å²) in [5.41, 5.74) is 0. The highest BCUT2D eigenvalue weighted by Crippen LogP contribution is 2.33. The fourth-order valence-corrected chi connectivity index (χ4v) is 26.3. The van der Waals surface area contributed by atoms with Crippen molar-refractivity contribution in [2.45, 2.75) is 98.2 Å². The van der Waals surface area contributed by atoms with Crippen molar-refractivity contribution in [1.82, 2.24) is 0 Å². The minimum atomic E-state index is -3.70. The van der Waals surface area contributed by atoms with Gasteiger partial charge in [0.15, 0.2) is 23.5 Å². The monoisotopic (exact) mass is 486 g/mol. The van der Waals surface area contributed by atoms with Crippen molar-refractivity contribution in [1.29, 1.82) is 0 Å². The topological polar surface area (TPSA) is 47.9 Å². The molecule has 0 fully saturated rings. The predicted molar refractivity (Wildman–Crippen MR) is 134 cm³/mol. The third kappa shape index (κ3) is 7.00. The van der Waals surface area contributed by atoms with Gasteiger partial charge in [-0.1, -0.05) is 58.9 Å². The van der Waals surface area contributed by atoms with Crippen LogP contribution in [0.1, 0.15) is 0 Å². The second-order valence-electron chi connectivity index (χ2n) is 12.1. The second-order valence-corrected chi connectivity index (χ2v) is 62.5. The quantitative estimate of drug-likeness (QED) is 0.447. The van der Waals surface area contributed by atoms with Crippen molar-refractivity contribution >= 4 is 55.3 Å². The molecule has 0 aromatic rings. The lowest BCUT2D eigenvalue weighted by Gasteiger charge is -2.48. The Balaban J connectivity index is 6.05. The van der Waals surface area contributed by atoms with Gasteiger partial charge >= 0.3 is 9.05 Å². The molecular formula is C15H46O4Si7. The summed E-state index contributed by atoms with van der Waals surface area (Å²) in [6.07, 6.45) is 0. The molecule has 0 aromatic carbocycles. The first-order chi connectivity index (χ1) is 10.9. The molecule has 0 unspecified atom stereocenters. The molecule has 0 heterocycles. The molecule has 11 heteroatoms. The van der Waals surface area contributed by atoms with Gasteiger partial charge in [-0.05, 0) is 39.3 Å². The van der Waals surface area contributed by atoms with Crippen molar-refractivity contribution < 1.29 is 17.1 Å². The molecule has 0 aliphatic carbocycles. The largest absolute Gasteiger partial charge is 0.644 e. The number of rotatable bonds is 9. The Bertz CT molecular complexity index is 418. The van der Waals surface area contributed by atoms with Crippen LogP contribution in [-0.2, 0) is 12.3 Å². The number of hydrogen-bond acceptors (Lipinski definition) is 4. The van der Waals surface area contributed by atoms with Crippen LogP contribution in [0.2, 0.25) is 98.2 Å². The van der Waals surface area contributed by atoms with E-state index in [4.69, 9.17) is 12.3 Å². The zero-order valence-corrected chi connectivity index (χ0v) is 27.2. The lowest BCUT2D eigenvalue weighted by atomic mass is 11.8. The molecule has 0 aromatic heterocycles. The Hall–Kier alpha value is 1.36. The molecule has 0 rings (SSSR count). The molecule has 26 heavy (non-hydrogen) atoms. The zero-order chi connectivity index (χ0) is 21.6. The van der Waals surface area contributed by atoms with Crippen LogP contribution in [0.25, 0.3) is 0 Å². The summed E-state index contributed by atoms with van der Waals surface area (Å²) in [6, 6.07) is 0. The van der Waals surface area contributed by atoms with Crippen LogP contribution in [0.5, 0.6) is 0 Å². The van der Waals surface area contributed by atoms with Gasteiger partial charge in [-0.2, -0.15) is 0 Å². The van der Waals surface area contributed by atoms with Gasteiger partial charge in [0.05, 0.1) is 22.8 Å². The molecule has 0 bridgehead atoms. The van der Waals surface area contributed by atoms with E-state index >= 15 is 0 Å². The summed E-state index contributed by atoms with van der Waals surface area (Å²) in [5.74, 6) is 0. The zero-order valence-electron chi connectivity index (χ0n) is 20.2. The molecule has 0 radical (unpaired) electrons. The summed E-state index contributed by atoms with van der Waals surface area (Å²) >= 11 is 0. The van der Waals surface area contributed by atoms with Crippen molar-refractivity contribution in [3.8, 4) is 0 Å². The summed E-state index contributed by atoms with van der Waals surface area (Å²) in [7, 11) is -14.6. The SMILES string of the molecule is C[Si](C)(C)[Si](C)(C)O[Si](O)(O[Si](C)(C)[Si](C)(C)C)O[Si](C)(C)[Si](C)(C)C. The minimum absolute atomic E-state index is 1.55. The maximum Gasteiger partial charge on any atom is 0.644 e. The summed E-state index contributed by atoms with van der Waals surface area (Å²) in [4.78, 5) is 11.8. The average Bonchev–Trinajstić information content (AvgIpc) is 2.19. The summed E-state index contributed by atoms with van der Waals surface area (Å²) in [5, 5.41) is 0. The first kappa shape index (κ1) is 27.4. The van der Waals surface area contributed by atoms with E-state index in [1.165, 1.54) is 0 Å². The molecule has 0 atom stereocenters. The van der Waals surface area contributed by atoms with Gasteiger partial charge < -0.3 is 17.1 Å². The van der Waals surface area contributed by atoms with Crippen LogP contribution in [0.15, 0.2) is 0 Å². The third-order valence-electron chi connectivity index (χ3n) is 6.57. The van der Waals surface area contributed by atoms with Crippen LogP contribution in [0.4, 0.5) is 0 Å². The lowest BCUT2D eigenvalue weighted by molar-refractivity contribution is 0.146. The van der Waals surface area contributed by atoms with Crippen LogP contribution in [0, 0.1) is 0 Å². The Morgan fingerprint density at radius 1 is 0.385 bits per heavy atom. The highest BCUT2D eigenvalue weighted by Gasteiger charge is 2.59. The van der Waals surface area contributed by atoms with Gasteiger partial charge in [0.25, 0.3) is 0 Å². The van der Waals surface area contributed by atoms with Gasteiger partial charge in [-0.25, -0.2) is 0 Å². The lowest BCUT2D eigenvalue weighted by Crippen LogP contribution is -2.72. The van der Waals surface area contributed by atoms with E-state index in [1.54, 1.807) is 0 Å². The maximum absolute atomic E-state index is 11.8. The summed E-state index contributed by atoms with van der Waals surface area (Å²) < 4.78 is 19.8. The van der Waals surface area contributed by atoms with Crippen LogP contribution in [-0.4, -0.2) is 60.1 Å². The Morgan fingerprint density at radius 2 is 0.538 bits per heavy atom. The smallest absolute Gasteiger partial charge is 0.398 e. The molecule has 0 amide bonds. The van der Waals surface area contributed by atoms with Crippen molar-refractivity contribution in [2.75, 3.05) is 0 Å². The first-order valence-electron chi connectivity index (χ1n) is 9.70. The highest BCUT2D eigenvalue weighted by molar-refractivity contribution is 7.41. The molecule has 0 aliphatic rings. The van der Waals surface area contributed by atoms with Crippen LogP contribution >= 0.6 is 0 Å². The maximum atomic E-state index is 11.8. The fourth-order valence-electron chi connectivity index (χ4n) is 1.49. The predicted octanol–water partition coefficient (Wildman–Crippen LogP) is 5.33. The third-order valence-corrected chi connectivity index (χ3v) is 61.9. The molecular weight excluding hydrogens is 441 g/mol. The Morgan fingerprint density at radius 3 is 0.654 bits per heavy atom. The van der Waals surface area contributed by atoms with E-state index in [0.717, 1.165) is 0 Å². The van der Waals surface area contributed by atoms with Gasteiger partial charge in [0.1, 0.15) is 0 Å². The van der Waals surface area contributed by atoms with E-state index < -0.39 is 55.3 Å². The minimum Gasteiger partial charge on any atom is -0.398 e. The number of hydrogen-bond donors (Lipinski definition) is 1. The molecule has 158 valence electrons. The van der Waals surface area contributed by atoms with Crippen LogP contribution < -0.4 is 0 Å². The Kier molecular flexibility index (Phi) is 8.30. The molecule has 0 saturated carbocycles. The van der Waals surface area contributed by atoms with E-state index in [0.29, 0.717) is 0 Å². The normalized spacial score (nSPS) is 16.2. The van der Waals surface area contributed by atoms with Gasteiger partial charge in [-0.15, -0.1) is 0 Å². The first-order valence-corrected chi connectivity index (χ1v) is 33.6. The van der Waals surface area contributed by atoms with E-state index in [1.807, 2.05) is 0 Å². The molecule has 0 saturated heterocycles. The molecule has 0 aliphatic heterocycles. The Labute approximate surface area is 170 Å². The molecule has 4 nitrogen and oxygen atoms in total. The fraction of sp³-hybridized carbons (Fsp3) is 1.00. The molecule has 0 spiro atoms. The van der Waals surface area contributed by atoms with E-state index in [9.17, 15) is 4.80 Å². The van der Waals surface area contributed by atoms with Crippen molar-refractivity contribution in [3.63, 3.8) is 0 Å². The van der Waals surface area contributed by atoms with E-state index in [2.05, 4.69) is 98.2 Å². The average molecular weight is 487 g/mol. The van der Waals surface area contributed by atoms with Crippen LogP contribution in [0.3, 0.4) is 0 Å². The van der Waals surface area contributed by atoms with Crippen molar-refractivity contribution in [2.24, 2.45) is 0 Å². The standard InChI is InChI=1S/C15H46O4Si7/c1-20(2,3)23(10,11)17-26(16,18-24(12,13)21(4,5)6)19-25(14,15)22(7,8)9/h16H,1-15H3. The van der Waals surface area contributed by atoms with Crippen molar-refractivity contribution in [3.05, 3.63) is 0 Å². The highest BCUT2D eigenvalue weighted by atomic mass is 29.3. The summed E-state index contributed by atoms with van der Waals surface area (Å²) in [6.45, 7) is 34.4. The second kappa shape index (κ2) is 7.89. The molecule has 1 N–H and O–H groups in total. The van der Waals surface area contributed by atoms with Gasteiger partial charge in [0, 0.05) is 0 Å². The van der Waals surface area contributed by atoms with Gasteiger partial charge in [-0.3, -0.25) is 0 Å². The van der Waals surface area contributed by atoms with Gasteiger partial charge in [0.2, 0.25) is 0 Å². The van der Waals surface area contributed by atoms with E-state index in [-0.39, 0.29) is 0 Å².